The van der Waals surface area contributed by atoms with E-state index in [1.54, 1.807) is 36.4 Å². The van der Waals surface area contributed by atoms with Gasteiger partial charge in [-0.3, -0.25) is 0 Å². The second kappa shape index (κ2) is 29.1. The Kier molecular flexibility index (Phi) is 21.3. The number of rotatable bonds is 8. The van der Waals surface area contributed by atoms with Crippen LogP contribution in [0.15, 0.2) is 240 Å². The number of aromatic amines is 1. The predicted molar refractivity (Wildman–Crippen MR) is 334 cm³/mol. The molecule has 3 heterocycles. The Morgan fingerprint density at radius 1 is 0.494 bits per heavy atom. The molecule has 9 aromatic carbocycles. The van der Waals surface area contributed by atoms with Crippen LogP contribution in [-0.2, 0) is 0 Å². The standard InChI is InChI=1S/C21H12BrFN2O.C21H13FN2O.C12H8FIO.C9H6N2.CH4.BHNS/c1-24-15-4-11-21-19(12-15)20(22)13-25(21)16-5-9-18(10-6-16)26-17-7-2-14(23)3-8-17;1-23-17-4-11-21-15(14-17)12-13-24(21)18-5-9-20(10-6-18)25-19-7-2-16(22)3-8-19;13-9-1-5-11(6-2-9)15-12-7-3-10(14)4-8-12;1-10-8-2-3-9-7(6-8)4-5-11-9;;1-2-3/h2-13H;2-14H;1-8H;2-6,11H;1H4;3H. The maximum atomic E-state index is 13.0. The second-order valence-corrected chi connectivity index (χ2v) is 19.1. The Balaban J connectivity index is 0.000000160. The number of fused-ring (bicyclic) bond motifs is 3. The third-order valence-electron chi connectivity index (χ3n) is 11.5. The van der Waals surface area contributed by atoms with E-state index in [9.17, 15) is 13.2 Å². The number of hydrogen-bond donors (Lipinski definition) is 2. The summed E-state index contributed by atoms with van der Waals surface area (Å²) in [6.07, 6.45) is 5.83. The van der Waals surface area contributed by atoms with Crippen LogP contribution in [-0.4, -0.2) is 21.8 Å². The molecule has 12 rings (SSSR count). The monoisotopic (exact) mass is 1260 g/mol. The molecule has 3 aromatic heterocycles. The van der Waals surface area contributed by atoms with Gasteiger partial charge in [-0.25, -0.2) is 27.7 Å². The van der Waals surface area contributed by atoms with Crippen LogP contribution in [0.5, 0.6) is 34.5 Å². The topological polar surface area (TPSA) is 78.8 Å². The van der Waals surface area contributed by atoms with E-state index in [0.29, 0.717) is 45.8 Å². The van der Waals surface area contributed by atoms with Gasteiger partial charge < -0.3 is 28.3 Å². The molecule has 1 N–H and O–H groups in total. The molecule has 0 amide bonds. The molecule has 12 aromatic rings. The Morgan fingerprint density at radius 3 is 1.33 bits per heavy atom. The zero-order valence-corrected chi connectivity index (χ0v) is 46.4. The Hall–Kier alpha value is -9.32. The Morgan fingerprint density at radius 2 is 0.877 bits per heavy atom. The predicted octanol–water partition coefficient (Wildman–Crippen LogP) is 20.7. The van der Waals surface area contributed by atoms with Crippen LogP contribution >= 0.6 is 51.3 Å². The van der Waals surface area contributed by atoms with E-state index >= 15 is 0 Å². The number of thiol groups is 1. The third kappa shape index (κ3) is 16.4. The fraction of sp³-hybridized carbons (Fsp3) is 0.0156. The van der Waals surface area contributed by atoms with Gasteiger partial charge in [0, 0.05) is 48.9 Å². The average Bonchev–Trinajstić information content (AvgIpc) is 4.27. The quantitative estimate of drug-likeness (QED) is 0.0689. The molecule has 0 saturated heterocycles. The number of nitrogens with one attached hydrogen (secondary N) is 1. The summed E-state index contributed by atoms with van der Waals surface area (Å²) in [5.74, 6) is 3.08. The van der Waals surface area contributed by atoms with Crippen LogP contribution in [0.2, 0.25) is 0 Å². The van der Waals surface area contributed by atoms with Crippen LogP contribution in [0.3, 0.4) is 0 Å². The first-order valence-corrected chi connectivity index (χ1v) is 26.1. The van der Waals surface area contributed by atoms with E-state index in [2.05, 4.69) is 91.9 Å². The molecule has 0 saturated carbocycles. The summed E-state index contributed by atoms with van der Waals surface area (Å²) in [6.45, 7) is 21.0. The first-order chi connectivity index (χ1) is 38.9. The molecule has 0 aliphatic rings. The number of benzene rings is 9. The first-order valence-electron chi connectivity index (χ1n) is 23.8. The van der Waals surface area contributed by atoms with Gasteiger partial charge in [0.25, 0.3) is 0 Å². The van der Waals surface area contributed by atoms with Crippen molar-refractivity contribution in [3.63, 3.8) is 0 Å². The summed E-state index contributed by atoms with van der Waals surface area (Å²) >= 11 is 8.98. The van der Waals surface area contributed by atoms with E-state index < -0.39 is 0 Å². The normalized spacial score (nSPS) is 10.0. The smallest absolute Gasteiger partial charge is 0.188 e. The molecular formula is C64H44BBrF3IN7O3S. The van der Waals surface area contributed by atoms with Crippen LogP contribution in [0, 0.1) is 40.7 Å². The van der Waals surface area contributed by atoms with Crippen molar-refractivity contribution in [2.24, 2.45) is 4.30 Å². The van der Waals surface area contributed by atoms with Gasteiger partial charge in [0.1, 0.15) is 51.9 Å². The molecule has 0 bridgehead atoms. The molecular weight excluding hydrogens is 1220 g/mol. The van der Waals surface area contributed by atoms with E-state index in [1.807, 2.05) is 158 Å². The second-order valence-electron chi connectivity index (χ2n) is 16.8. The SMILES string of the molecule is C.Fc1ccc(Oc2ccc(I)cc2)cc1.[B]=NS.[C-]#[N+]c1ccc2[nH]ccc2c1.[C-]#[N+]c1ccc2c(c1)c(Br)cn2-c1ccc(Oc2ccc(F)cc2)cc1.[C-]#[N+]c1ccc2c(ccn2-c2ccc(Oc3ccc(F)cc3)cc2)c1. The van der Waals surface area contributed by atoms with Gasteiger partial charge in [0.2, 0.25) is 0 Å². The van der Waals surface area contributed by atoms with Crippen LogP contribution < -0.4 is 14.2 Å². The molecule has 17 heteroatoms. The van der Waals surface area contributed by atoms with Gasteiger partial charge in [-0.15, -0.1) is 0 Å². The van der Waals surface area contributed by atoms with Crippen molar-refractivity contribution in [1.29, 1.82) is 0 Å². The number of halogens is 5. The van der Waals surface area contributed by atoms with Crippen molar-refractivity contribution in [2.45, 2.75) is 7.43 Å². The maximum Gasteiger partial charge on any atom is 0.188 e. The minimum Gasteiger partial charge on any atom is -0.457 e. The molecule has 0 aliphatic heterocycles. The van der Waals surface area contributed by atoms with Gasteiger partial charge in [-0.1, -0.05) is 25.6 Å². The van der Waals surface area contributed by atoms with Crippen molar-refractivity contribution in [2.75, 3.05) is 0 Å². The zero-order chi connectivity index (χ0) is 56.4. The van der Waals surface area contributed by atoms with Crippen molar-refractivity contribution in [3.05, 3.63) is 291 Å². The van der Waals surface area contributed by atoms with Gasteiger partial charge in [0.05, 0.1) is 30.7 Å². The van der Waals surface area contributed by atoms with Crippen molar-refractivity contribution in [1.82, 2.24) is 14.1 Å². The molecule has 397 valence electrons. The van der Waals surface area contributed by atoms with E-state index in [1.165, 1.54) is 36.4 Å². The fourth-order valence-corrected chi connectivity index (χ4v) is 8.65. The molecule has 0 spiro atoms. The van der Waals surface area contributed by atoms with Crippen molar-refractivity contribution >= 4 is 109 Å². The molecule has 0 aliphatic carbocycles. The van der Waals surface area contributed by atoms with Gasteiger partial charge >= 0.3 is 24.8 Å². The Bertz CT molecular complexity index is 4120. The molecule has 81 heavy (non-hydrogen) atoms. The minimum absolute atomic E-state index is 0. The molecule has 0 unspecified atom stereocenters. The largest absolute Gasteiger partial charge is 0.457 e. The van der Waals surface area contributed by atoms with Crippen LogP contribution in [0.4, 0.5) is 30.2 Å². The van der Waals surface area contributed by atoms with Crippen molar-refractivity contribution in [3.8, 4) is 45.9 Å². The maximum absolute atomic E-state index is 13.0. The number of aromatic nitrogens is 3. The minimum atomic E-state index is -0.292. The van der Waals surface area contributed by atoms with Crippen LogP contribution in [0.25, 0.3) is 58.6 Å². The summed E-state index contributed by atoms with van der Waals surface area (Å²) in [7, 11) is 4.34. The summed E-state index contributed by atoms with van der Waals surface area (Å²) < 4.78 is 64.4. The van der Waals surface area contributed by atoms with E-state index in [-0.39, 0.29) is 24.9 Å². The van der Waals surface area contributed by atoms with Crippen molar-refractivity contribution < 1.29 is 27.4 Å². The molecule has 0 atom stereocenters. The number of H-pyrrole nitrogens is 1. The van der Waals surface area contributed by atoms with E-state index in [4.69, 9.17) is 33.9 Å². The van der Waals surface area contributed by atoms with Gasteiger partial charge in [-0.05, 0) is 243 Å². The summed E-state index contributed by atoms with van der Waals surface area (Å²) in [5, 5.41) is 3.11. The van der Waals surface area contributed by atoms with Gasteiger partial charge in [0.15, 0.2) is 17.1 Å². The number of hydrogen-bond acceptors (Lipinski definition) is 5. The summed E-state index contributed by atoms with van der Waals surface area (Å²) in [6, 6.07) is 61.6. The first kappa shape index (κ1) is 59.3. The zero-order valence-electron chi connectivity index (χ0n) is 41.8. The molecule has 10 nitrogen and oxygen atoms in total. The fourth-order valence-electron chi connectivity index (χ4n) is 7.76. The summed E-state index contributed by atoms with van der Waals surface area (Å²) in [4.78, 5) is 13.3. The molecule has 0 fully saturated rings. The Labute approximate surface area is 495 Å². The van der Waals surface area contributed by atoms with Gasteiger partial charge in [-0.2, -0.15) is 0 Å². The van der Waals surface area contributed by atoms with Crippen LogP contribution in [0.1, 0.15) is 7.43 Å². The van der Waals surface area contributed by atoms with E-state index in [0.717, 1.165) is 57.9 Å². The third-order valence-corrected chi connectivity index (χ3v) is 12.9. The number of nitrogens with zero attached hydrogens (tertiary/aromatic N) is 6. The average molecular weight is 1270 g/mol. The summed E-state index contributed by atoms with van der Waals surface area (Å²) in [5.41, 5.74) is 7.04. The molecule has 1 radical (unpaired) electrons. The number of ether oxygens (including phenoxy) is 3.